The first-order valence-electron chi connectivity index (χ1n) is 23.9. The van der Waals surface area contributed by atoms with Crippen LogP contribution < -0.4 is 38.2 Å². The van der Waals surface area contributed by atoms with Gasteiger partial charge in [0.25, 0.3) is 17.1 Å². The number of methoxy groups -OCH3 is 1. The van der Waals surface area contributed by atoms with E-state index in [1.807, 2.05) is 11.9 Å². The van der Waals surface area contributed by atoms with Crippen LogP contribution in [0.2, 0.25) is 0 Å². The second-order valence-electron chi connectivity index (χ2n) is 18.1. The van der Waals surface area contributed by atoms with Crippen molar-refractivity contribution < 1.29 is 113 Å². The van der Waals surface area contributed by atoms with Crippen molar-refractivity contribution in [3.63, 3.8) is 0 Å². The van der Waals surface area contributed by atoms with E-state index in [9.17, 15) is 72.3 Å². The van der Waals surface area contributed by atoms with Crippen LogP contribution in [0.5, 0.6) is 0 Å². The molecule has 39 nitrogen and oxygen atoms in total. The molecular weight excluding hydrogens is 1180 g/mol. The van der Waals surface area contributed by atoms with Gasteiger partial charge in [0.05, 0.1) is 45.2 Å². The van der Waals surface area contributed by atoms with E-state index in [2.05, 4.69) is 38.9 Å². The minimum absolute atomic E-state index is 0.00473. The van der Waals surface area contributed by atoms with Gasteiger partial charge in [-0.05, 0) is 6.42 Å². The van der Waals surface area contributed by atoms with E-state index in [1.54, 1.807) is 0 Å². The number of amides is 1. The lowest BCUT2D eigenvalue weighted by molar-refractivity contribution is -0.745. The molecule has 5 aromatic heterocycles. The number of hydrogen-bond acceptors (Lipinski definition) is 28. The summed E-state index contributed by atoms with van der Waals surface area (Å²) in [6.45, 7) is -1.84. The number of H-pyrrole nitrogens is 2. The zero-order valence-electron chi connectivity index (χ0n) is 42.4. The summed E-state index contributed by atoms with van der Waals surface area (Å²) in [5.41, 5.74) is 9.14. The number of carbonyl (C=O) groups is 1. The average molecular weight is 1230 g/mol. The first-order valence-corrected chi connectivity index (χ1v) is 29.9. The molecule has 4 unspecified atom stereocenters. The van der Waals surface area contributed by atoms with Crippen molar-refractivity contribution in [2.75, 3.05) is 51.5 Å². The van der Waals surface area contributed by atoms with Crippen molar-refractivity contribution in [2.45, 2.75) is 93.7 Å². The Balaban J connectivity index is 0.945. The molecule has 0 saturated carbocycles. The molecule has 0 radical (unpaired) electrons. The van der Waals surface area contributed by atoms with Gasteiger partial charge in [0.1, 0.15) is 61.2 Å². The number of hydrogen-bond donors (Lipinski definition) is 12. The van der Waals surface area contributed by atoms with Crippen LogP contribution in [-0.2, 0) is 75.7 Å². The molecule has 0 bridgehead atoms. The third-order valence-corrected chi connectivity index (χ3v) is 17.8. The van der Waals surface area contributed by atoms with Crippen molar-refractivity contribution in [1.82, 2.24) is 48.9 Å². The number of imidazole rings is 2. The number of nitrogen functional groups attached to an aromatic ring is 2. The first kappa shape index (κ1) is 61.8. The minimum Gasteiger partial charge on any atom is -0.449 e. The van der Waals surface area contributed by atoms with Crippen molar-refractivity contribution in [3.8, 4) is 0 Å². The normalized spacial score (nSPS) is 28.9. The molecule has 5 aromatic rings. The molecule has 448 valence electrons. The van der Waals surface area contributed by atoms with Crippen molar-refractivity contribution in [1.29, 1.82) is 0 Å². The third kappa shape index (κ3) is 14.2. The number of ether oxygens (including phenoxy) is 5. The Morgan fingerprint density at radius 1 is 0.802 bits per heavy atom. The van der Waals surface area contributed by atoms with E-state index in [0.29, 0.717) is 6.42 Å². The number of aromatic amines is 2. The number of phosphoric ester groups is 3. The van der Waals surface area contributed by atoms with Gasteiger partial charge in [-0.2, -0.15) is 8.62 Å². The zero-order valence-corrected chi connectivity index (χ0v) is 46.0. The maximum Gasteiger partial charge on any atom is 0.490 e. The third-order valence-electron chi connectivity index (χ3n) is 12.6. The summed E-state index contributed by atoms with van der Waals surface area (Å²) in [7, 11) is -21.1. The minimum atomic E-state index is -6.26. The van der Waals surface area contributed by atoms with Gasteiger partial charge in [-0.1, -0.05) is 24.7 Å². The molecule has 0 spiro atoms. The standard InChI is InChI=1S/C38H55N13O26P4/c1-4-5-6-8-41-38(58)68-10-17-18(72-33(24(17)53)51-16-48(2)23-31(51)46-36(40)47-32(23)56)11-70-79(61,62)76-81(65,66)77-80(63,64)71-13-20-27(28(67-3)35(74-20)50-15-44-22-29(39)42-14-43-30(22)50)75-78(59,60)69-12-19-25(54)26(55)34(73-19)49-9-7-21(52)45-37(49)57/h7,9,14-20,24-28,33-35,53-55H,4-6,8,10-13H2,1-3H3,(H10-,39,40,41,42,43,45,46,47,52,56,57,58,59,60,61,62,63,64,65,66)/p+1/t17-,18-,19-,20-,24-,25-,26-,27-,28-,33-,34-,35-/m1/s1. The SMILES string of the molecule is CCCCCNC(=O)OC[C@H]1[C@@H](O)[C@H]([n+]2cn(C)c3c(=O)[nH]c(N)nc32)O[C@@H]1COP(=O)(O)OP(=O)(O)OP(=O)(O)OC[C@H]1O[C@@H](n2cnc3c(N)ncnc32)[C@H](OC)[C@@H]1OP(=O)(O)OC[C@H]1O[C@@H](n2ccc(=O)[nH]c2=O)[C@H](O)[C@@H]1O. The number of unbranched alkanes of at least 4 members (excludes halogenated alkanes) is 2. The summed E-state index contributed by atoms with van der Waals surface area (Å²) in [6, 6.07) is 0.920. The molecule has 3 aliphatic rings. The predicted octanol–water partition coefficient (Wildman–Crippen LogP) is -2.70. The topological polar surface area (TPSA) is 546 Å². The molecule has 8 heterocycles. The number of rotatable bonds is 25. The second-order valence-corrected chi connectivity index (χ2v) is 24.2. The van der Waals surface area contributed by atoms with E-state index >= 15 is 0 Å². The molecule has 3 fully saturated rings. The van der Waals surface area contributed by atoms with Crippen LogP contribution in [0.3, 0.4) is 0 Å². The van der Waals surface area contributed by atoms with E-state index in [-0.39, 0.29) is 40.6 Å². The van der Waals surface area contributed by atoms with Crippen LogP contribution in [0, 0.1) is 5.92 Å². The summed E-state index contributed by atoms with van der Waals surface area (Å²) in [5.74, 6) is -1.72. The molecule has 3 aliphatic heterocycles. The smallest absolute Gasteiger partial charge is 0.449 e. The Hall–Kier alpha value is -5.31. The van der Waals surface area contributed by atoms with Crippen LogP contribution >= 0.6 is 31.3 Å². The first-order chi connectivity index (χ1) is 38.1. The highest BCUT2D eigenvalue weighted by molar-refractivity contribution is 7.66. The molecule has 81 heavy (non-hydrogen) atoms. The summed E-state index contributed by atoms with van der Waals surface area (Å²) in [4.78, 5) is 113. The summed E-state index contributed by atoms with van der Waals surface area (Å²) >= 11 is 0. The molecule has 14 N–H and O–H groups in total. The number of fused-ring (bicyclic) bond motifs is 2. The van der Waals surface area contributed by atoms with E-state index < -0.39 is 154 Å². The fourth-order valence-corrected chi connectivity index (χ4v) is 13.4. The van der Waals surface area contributed by atoms with Crippen LogP contribution in [0.25, 0.3) is 22.3 Å². The Bertz CT molecular complexity index is 3470. The van der Waals surface area contributed by atoms with Gasteiger partial charge in [-0.3, -0.25) is 51.4 Å². The molecule has 16 atom stereocenters. The highest BCUT2D eigenvalue weighted by Gasteiger charge is 2.54. The number of nitrogens with two attached hydrogens (primary N) is 2. The predicted molar refractivity (Wildman–Crippen MR) is 264 cm³/mol. The van der Waals surface area contributed by atoms with Crippen molar-refractivity contribution >= 4 is 71.5 Å². The number of aromatic nitrogens is 10. The summed E-state index contributed by atoms with van der Waals surface area (Å²) in [5, 5.41) is 35.4. The highest BCUT2D eigenvalue weighted by atomic mass is 31.3. The number of alkyl carbamates (subject to hydrolysis) is 1. The van der Waals surface area contributed by atoms with Gasteiger partial charge in [0.2, 0.25) is 11.7 Å². The molecule has 1 amide bonds. The lowest BCUT2D eigenvalue weighted by Crippen LogP contribution is -2.46. The van der Waals surface area contributed by atoms with E-state index in [4.69, 9.17) is 53.2 Å². The van der Waals surface area contributed by atoms with Crippen LogP contribution in [-0.4, -0.2) is 174 Å². The number of carbonyl (C=O) groups excluding carboxylic acids is 1. The number of nitrogens with one attached hydrogen (secondary N) is 3. The summed E-state index contributed by atoms with van der Waals surface area (Å²) in [6.07, 6.45) is -12.7. The van der Waals surface area contributed by atoms with Gasteiger partial charge in [-0.15, -0.1) is 0 Å². The number of phosphoric acid groups is 4. The van der Waals surface area contributed by atoms with Gasteiger partial charge >= 0.3 is 48.7 Å². The average Bonchev–Trinajstić information content (AvgIpc) is 4.12. The number of aryl methyl sites for hydroxylation is 1. The van der Waals surface area contributed by atoms with Crippen LogP contribution in [0.15, 0.2) is 45.6 Å². The number of anilines is 2. The lowest BCUT2D eigenvalue weighted by atomic mass is 9.99. The molecular formula is C38H56N13O26P4+. The van der Waals surface area contributed by atoms with Crippen molar-refractivity contribution in [3.05, 3.63) is 62.4 Å². The Labute approximate surface area is 453 Å². The molecule has 8 rings (SSSR count). The molecule has 43 heteroatoms. The van der Waals surface area contributed by atoms with Gasteiger partial charge < -0.3 is 75.4 Å². The number of aliphatic hydroxyl groups excluding tert-OH is 3. The Morgan fingerprint density at radius 2 is 1.47 bits per heavy atom. The quantitative estimate of drug-likeness (QED) is 0.0161. The Morgan fingerprint density at radius 3 is 2.15 bits per heavy atom. The second kappa shape index (κ2) is 24.9. The molecule has 0 aliphatic carbocycles. The van der Waals surface area contributed by atoms with Crippen molar-refractivity contribution in [2.24, 2.45) is 13.0 Å². The highest BCUT2D eigenvalue weighted by Crippen LogP contribution is 2.68. The number of nitrogens with zero attached hydrogens (tertiary/aromatic N) is 8. The Kier molecular flexibility index (Phi) is 19.0. The van der Waals surface area contributed by atoms with E-state index in [1.165, 1.54) is 27.1 Å². The zero-order chi connectivity index (χ0) is 58.9. The fourth-order valence-electron chi connectivity index (χ4n) is 8.87. The lowest BCUT2D eigenvalue weighted by Gasteiger charge is -2.26. The maximum absolute atomic E-state index is 13.6. The summed E-state index contributed by atoms with van der Waals surface area (Å²) < 4.78 is 115. The van der Waals surface area contributed by atoms with Gasteiger partial charge in [0.15, 0.2) is 30.2 Å². The largest absolute Gasteiger partial charge is 0.490 e. The number of aliphatic hydroxyl groups is 3. The monoisotopic (exact) mass is 1230 g/mol. The fraction of sp³-hybridized carbons (Fsp3) is 0.605. The maximum atomic E-state index is 13.6. The van der Waals surface area contributed by atoms with Crippen LogP contribution in [0.1, 0.15) is 44.9 Å². The molecule has 3 saturated heterocycles. The van der Waals surface area contributed by atoms with E-state index in [0.717, 1.165) is 49.4 Å². The van der Waals surface area contributed by atoms with Gasteiger partial charge in [0, 0.05) is 25.9 Å². The van der Waals surface area contributed by atoms with Crippen LogP contribution in [0.4, 0.5) is 16.6 Å². The van der Waals surface area contributed by atoms with Gasteiger partial charge in [-0.25, -0.2) is 47.4 Å². The molecule has 0 aromatic carbocycles.